The number of halogens is 1. The Morgan fingerprint density at radius 2 is 2.25 bits per heavy atom. The number of hydrogen-bond acceptors (Lipinski definition) is 3. The molecule has 0 saturated carbocycles. The third-order valence-corrected chi connectivity index (χ3v) is 4.30. The molecule has 0 bridgehead atoms. The number of thiophene rings is 1. The van der Waals surface area contributed by atoms with E-state index in [0.717, 1.165) is 33.7 Å². The molecule has 0 unspecified atom stereocenters. The maximum Gasteiger partial charge on any atom is 0.132 e. The summed E-state index contributed by atoms with van der Waals surface area (Å²) in [5, 5.41) is 3.84. The van der Waals surface area contributed by atoms with Gasteiger partial charge in [0.1, 0.15) is 5.82 Å². The van der Waals surface area contributed by atoms with Crippen molar-refractivity contribution in [3.63, 3.8) is 0 Å². The van der Waals surface area contributed by atoms with Gasteiger partial charge in [-0.05, 0) is 32.5 Å². The van der Waals surface area contributed by atoms with Crippen LogP contribution in [0.4, 0.5) is 4.39 Å². The summed E-state index contributed by atoms with van der Waals surface area (Å²) in [5.41, 5.74) is 2.07. The predicted molar refractivity (Wildman–Crippen MR) is 83.6 cm³/mol. The molecular weight excluding hydrogens is 273 g/mol. The molecular formula is C16H20FNOS. The van der Waals surface area contributed by atoms with Crippen LogP contribution in [0.1, 0.15) is 23.8 Å². The van der Waals surface area contributed by atoms with E-state index in [0.29, 0.717) is 18.6 Å². The molecule has 1 aromatic carbocycles. The molecule has 108 valence electrons. The smallest absolute Gasteiger partial charge is 0.132 e. The summed E-state index contributed by atoms with van der Waals surface area (Å²) in [6.07, 6.45) is 0.839. The van der Waals surface area contributed by atoms with Gasteiger partial charge in [0.25, 0.3) is 0 Å². The van der Waals surface area contributed by atoms with Gasteiger partial charge >= 0.3 is 0 Å². The Labute approximate surface area is 123 Å². The van der Waals surface area contributed by atoms with Crippen molar-refractivity contribution in [3.8, 4) is 0 Å². The number of hydrogen-bond donors (Lipinski definition) is 1. The van der Waals surface area contributed by atoms with Gasteiger partial charge in [0.15, 0.2) is 0 Å². The van der Waals surface area contributed by atoms with Gasteiger partial charge < -0.3 is 10.1 Å². The average Bonchev–Trinajstić information content (AvgIpc) is 2.74. The lowest BCUT2D eigenvalue weighted by Crippen LogP contribution is -2.06. The molecule has 2 nitrogen and oxygen atoms in total. The van der Waals surface area contributed by atoms with Crippen molar-refractivity contribution in [3.05, 3.63) is 46.6 Å². The van der Waals surface area contributed by atoms with Crippen molar-refractivity contribution in [2.45, 2.75) is 26.5 Å². The molecule has 0 saturated heterocycles. The summed E-state index contributed by atoms with van der Waals surface area (Å²) in [6.45, 7) is 7.64. The minimum Gasteiger partial charge on any atom is -0.376 e. The van der Waals surface area contributed by atoms with Crippen molar-refractivity contribution in [2.75, 3.05) is 13.7 Å². The van der Waals surface area contributed by atoms with Crippen molar-refractivity contribution >= 4 is 21.4 Å². The Bertz CT molecular complexity index is 606. The van der Waals surface area contributed by atoms with Gasteiger partial charge in [-0.3, -0.25) is 0 Å². The van der Waals surface area contributed by atoms with Crippen molar-refractivity contribution < 1.29 is 9.13 Å². The van der Waals surface area contributed by atoms with Crippen LogP contribution >= 0.6 is 11.3 Å². The van der Waals surface area contributed by atoms with E-state index < -0.39 is 0 Å². The Hall–Kier alpha value is -1.23. The van der Waals surface area contributed by atoms with Crippen molar-refractivity contribution in [1.29, 1.82) is 0 Å². The van der Waals surface area contributed by atoms with E-state index in [9.17, 15) is 4.39 Å². The molecule has 0 fully saturated rings. The SMILES string of the molecule is C=C(C)CCOCc1c(CNC)sc2cccc(F)c12. The summed E-state index contributed by atoms with van der Waals surface area (Å²) in [4.78, 5) is 1.14. The molecule has 0 aliphatic heterocycles. The van der Waals surface area contributed by atoms with Crippen LogP contribution in [-0.2, 0) is 17.9 Å². The largest absolute Gasteiger partial charge is 0.376 e. The van der Waals surface area contributed by atoms with E-state index in [1.807, 2.05) is 20.0 Å². The first kappa shape index (κ1) is 15.2. The predicted octanol–water partition coefficient (Wildman–Crippen LogP) is 4.24. The van der Waals surface area contributed by atoms with E-state index in [1.54, 1.807) is 17.4 Å². The number of benzene rings is 1. The molecule has 2 rings (SSSR count). The zero-order valence-corrected chi connectivity index (χ0v) is 12.8. The van der Waals surface area contributed by atoms with E-state index in [1.165, 1.54) is 6.07 Å². The van der Waals surface area contributed by atoms with Gasteiger partial charge in [0.2, 0.25) is 0 Å². The number of nitrogens with one attached hydrogen (secondary N) is 1. The molecule has 0 atom stereocenters. The third-order valence-electron chi connectivity index (χ3n) is 3.10. The summed E-state index contributed by atoms with van der Waals surface area (Å²) >= 11 is 1.63. The lowest BCUT2D eigenvalue weighted by Gasteiger charge is -2.07. The first-order chi connectivity index (χ1) is 9.63. The van der Waals surface area contributed by atoms with Gasteiger partial charge in [-0.2, -0.15) is 0 Å². The van der Waals surface area contributed by atoms with E-state index in [-0.39, 0.29) is 5.82 Å². The van der Waals surface area contributed by atoms with E-state index >= 15 is 0 Å². The van der Waals surface area contributed by atoms with Crippen LogP contribution in [0.5, 0.6) is 0 Å². The summed E-state index contributed by atoms with van der Waals surface area (Å²) in [6, 6.07) is 5.22. The first-order valence-corrected chi connectivity index (χ1v) is 7.50. The minimum absolute atomic E-state index is 0.167. The molecule has 20 heavy (non-hydrogen) atoms. The topological polar surface area (TPSA) is 21.3 Å². The summed E-state index contributed by atoms with van der Waals surface area (Å²) < 4.78 is 20.7. The van der Waals surface area contributed by atoms with Crippen LogP contribution in [0.3, 0.4) is 0 Å². The van der Waals surface area contributed by atoms with Crippen molar-refractivity contribution in [1.82, 2.24) is 5.32 Å². The highest BCUT2D eigenvalue weighted by Crippen LogP contribution is 2.33. The zero-order chi connectivity index (χ0) is 14.5. The monoisotopic (exact) mass is 293 g/mol. The van der Waals surface area contributed by atoms with Gasteiger partial charge in [0, 0.05) is 27.1 Å². The van der Waals surface area contributed by atoms with Gasteiger partial charge in [-0.15, -0.1) is 17.9 Å². The van der Waals surface area contributed by atoms with Crippen LogP contribution in [0, 0.1) is 5.82 Å². The molecule has 2 aromatic rings. The lowest BCUT2D eigenvalue weighted by molar-refractivity contribution is 0.124. The Kier molecular flexibility index (Phi) is 5.29. The Morgan fingerprint density at radius 1 is 1.45 bits per heavy atom. The molecule has 0 amide bonds. The van der Waals surface area contributed by atoms with Crippen LogP contribution in [0.15, 0.2) is 30.4 Å². The Balaban J connectivity index is 2.24. The maximum atomic E-state index is 14.1. The summed E-state index contributed by atoms with van der Waals surface area (Å²) in [5.74, 6) is -0.167. The standard InChI is InChI=1S/C16H20FNOS/c1-11(2)7-8-19-10-12-15(9-18-3)20-14-6-4-5-13(17)16(12)14/h4-6,18H,1,7-10H2,2-3H3. The lowest BCUT2D eigenvalue weighted by atomic mass is 10.1. The quantitative estimate of drug-likeness (QED) is 0.609. The van der Waals surface area contributed by atoms with E-state index in [4.69, 9.17) is 4.74 Å². The highest BCUT2D eigenvalue weighted by molar-refractivity contribution is 7.19. The average molecular weight is 293 g/mol. The molecule has 1 aromatic heterocycles. The highest BCUT2D eigenvalue weighted by Gasteiger charge is 2.15. The molecule has 0 aliphatic rings. The third kappa shape index (κ3) is 3.45. The number of ether oxygens (including phenoxy) is 1. The molecule has 1 heterocycles. The fourth-order valence-corrected chi connectivity index (χ4v) is 3.33. The summed E-state index contributed by atoms with van der Waals surface area (Å²) in [7, 11) is 1.90. The molecule has 1 N–H and O–H groups in total. The first-order valence-electron chi connectivity index (χ1n) is 6.69. The van der Waals surface area contributed by atoms with Crippen LogP contribution < -0.4 is 5.32 Å². The fraction of sp³-hybridized carbons (Fsp3) is 0.375. The Morgan fingerprint density at radius 3 is 2.95 bits per heavy atom. The number of rotatable bonds is 7. The van der Waals surface area contributed by atoms with Crippen LogP contribution in [-0.4, -0.2) is 13.7 Å². The van der Waals surface area contributed by atoms with Crippen LogP contribution in [0.25, 0.3) is 10.1 Å². The highest BCUT2D eigenvalue weighted by atomic mass is 32.1. The van der Waals surface area contributed by atoms with Gasteiger partial charge in [-0.1, -0.05) is 11.6 Å². The minimum atomic E-state index is -0.167. The fourth-order valence-electron chi connectivity index (χ4n) is 2.09. The second-order valence-electron chi connectivity index (χ2n) is 4.91. The van der Waals surface area contributed by atoms with Gasteiger partial charge in [0.05, 0.1) is 13.2 Å². The number of fused-ring (bicyclic) bond motifs is 1. The molecule has 0 spiro atoms. The second kappa shape index (κ2) is 6.97. The second-order valence-corrected chi connectivity index (χ2v) is 6.04. The molecule has 0 aliphatic carbocycles. The normalized spacial score (nSPS) is 11.2. The van der Waals surface area contributed by atoms with Crippen LogP contribution in [0.2, 0.25) is 0 Å². The molecule has 0 radical (unpaired) electrons. The van der Waals surface area contributed by atoms with Gasteiger partial charge in [-0.25, -0.2) is 4.39 Å². The maximum absolute atomic E-state index is 14.1. The van der Waals surface area contributed by atoms with Crippen molar-refractivity contribution in [2.24, 2.45) is 0 Å². The zero-order valence-electron chi connectivity index (χ0n) is 12.0. The van der Waals surface area contributed by atoms with E-state index in [2.05, 4.69) is 11.9 Å². The molecule has 4 heteroatoms.